The number of carbonyl (C=O) groups is 1. The summed E-state index contributed by atoms with van der Waals surface area (Å²) in [6, 6.07) is 9.60. The Morgan fingerprint density at radius 3 is 2.68 bits per heavy atom. The predicted molar refractivity (Wildman–Crippen MR) is 93.1 cm³/mol. The highest BCUT2D eigenvalue weighted by molar-refractivity contribution is 6.32. The number of halogens is 2. The molecule has 132 valence electrons. The average molecular weight is 364 g/mol. The topological polar surface area (TPSA) is 54.5 Å². The van der Waals surface area contributed by atoms with Gasteiger partial charge in [-0.15, -0.1) is 0 Å². The molecule has 1 aromatic heterocycles. The third-order valence-corrected chi connectivity index (χ3v) is 4.50. The molecular formula is C18H19ClFN3O2. The zero-order valence-corrected chi connectivity index (χ0v) is 14.4. The van der Waals surface area contributed by atoms with E-state index >= 15 is 0 Å². The lowest BCUT2D eigenvalue weighted by Gasteiger charge is -2.35. The molecule has 1 atom stereocenters. The summed E-state index contributed by atoms with van der Waals surface area (Å²) >= 11 is 5.98. The van der Waals surface area contributed by atoms with Crippen LogP contribution in [-0.2, 0) is 4.74 Å². The van der Waals surface area contributed by atoms with E-state index in [-0.39, 0.29) is 22.9 Å². The van der Waals surface area contributed by atoms with E-state index in [4.69, 9.17) is 16.3 Å². The Kier molecular flexibility index (Phi) is 5.96. The second-order valence-corrected chi connectivity index (χ2v) is 6.13. The van der Waals surface area contributed by atoms with E-state index in [0.29, 0.717) is 25.3 Å². The van der Waals surface area contributed by atoms with Gasteiger partial charge in [-0.25, -0.2) is 9.37 Å². The second kappa shape index (κ2) is 8.38. The van der Waals surface area contributed by atoms with Gasteiger partial charge in [0.1, 0.15) is 11.0 Å². The fourth-order valence-electron chi connectivity index (χ4n) is 2.87. The second-order valence-electron chi connectivity index (χ2n) is 5.77. The van der Waals surface area contributed by atoms with Gasteiger partial charge in [0.15, 0.2) is 0 Å². The van der Waals surface area contributed by atoms with Crippen molar-refractivity contribution >= 4 is 17.5 Å². The molecule has 1 fully saturated rings. The lowest BCUT2D eigenvalue weighted by molar-refractivity contribution is 0.0162. The van der Waals surface area contributed by atoms with Gasteiger partial charge in [0, 0.05) is 25.8 Å². The molecule has 5 nitrogen and oxygen atoms in total. The van der Waals surface area contributed by atoms with Crippen molar-refractivity contribution in [1.29, 1.82) is 0 Å². The van der Waals surface area contributed by atoms with E-state index in [1.54, 1.807) is 24.3 Å². The van der Waals surface area contributed by atoms with Crippen molar-refractivity contribution in [1.82, 2.24) is 15.2 Å². The number of morpholine rings is 1. The molecule has 1 aromatic carbocycles. The van der Waals surface area contributed by atoms with Crippen molar-refractivity contribution in [2.24, 2.45) is 0 Å². The largest absolute Gasteiger partial charge is 0.379 e. The van der Waals surface area contributed by atoms with Crippen molar-refractivity contribution in [2.75, 3.05) is 32.8 Å². The minimum atomic E-state index is -0.282. The summed E-state index contributed by atoms with van der Waals surface area (Å²) in [5, 5.41) is 3.08. The maximum absolute atomic E-state index is 13.2. The van der Waals surface area contributed by atoms with Gasteiger partial charge in [-0.05, 0) is 29.8 Å². The number of carbonyl (C=O) groups excluding carboxylic acids is 1. The minimum Gasteiger partial charge on any atom is -0.379 e. The molecule has 7 heteroatoms. The Morgan fingerprint density at radius 2 is 2.00 bits per heavy atom. The normalized spacial score (nSPS) is 16.4. The molecule has 25 heavy (non-hydrogen) atoms. The first-order valence-electron chi connectivity index (χ1n) is 8.11. The maximum Gasteiger partial charge on any atom is 0.254 e. The van der Waals surface area contributed by atoms with Crippen LogP contribution in [0.25, 0.3) is 0 Å². The average Bonchev–Trinajstić information content (AvgIpc) is 2.64. The van der Waals surface area contributed by atoms with E-state index in [1.807, 2.05) is 0 Å². The van der Waals surface area contributed by atoms with E-state index in [2.05, 4.69) is 15.2 Å². The maximum atomic E-state index is 13.2. The van der Waals surface area contributed by atoms with Gasteiger partial charge in [0.2, 0.25) is 0 Å². The molecule has 0 saturated carbocycles. The molecule has 1 saturated heterocycles. The first kappa shape index (κ1) is 17.8. The molecule has 3 rings (SSSR count). The van der Waals surface area contributed by atoms with Crippen LogP contribution in [0.1, 0.15) is 22.0 Å². The number of hydrogen-bond acceptors (Lipinski definition) is 4. The van der Waals surface area contributed by atoms with Crippen LogP contribution in [0.2, 0.25) is 5.15 Å². The number of ether oxygens (including phenoxy) is 1. The molecule has 0 aliphatic carbocycles. The number of pyridine rings is 1. The van der Waals surface area contributed by atoms with Gasteiger partial charge in [-0.1, -0.05) is 23.7 Å². The van der Waals surface area contributed by atoms with Crippen LogP contribution in [0.15, 0.2) is 42.6 Å². The van der Waals surface area contributed by atoms with Crippen molar-refractivity contribution in [3.05, 3.63) is 64.7 Å². The fourth-order valence-corrected chi connectivity index (χ4v) is 3.08. The molecule has 1 N–H and O–H groups in total. The number of aromatic nitrogens is 1. The van der Waals surface area contributed by atoms with Crippen LogP contribution >= 0.6 is 11.6 Å². The molecule has 0 bridgehead atoms. The standard InChI is InChI=1S/C18H19ClFN3O2/c19-17-15(2-1-7-21-17)18(24)22-12-16(23-8-10-25-11-9-23)13-3-5-14(20)6-4-13/h1-7,16H,8-12H2,(H,22,24)/t16-/m0/s1. The van der Waals surface area contributed by atoms with Crippen molar-refractivity contribution in [3.63, 3.8) is 0 Å². The van der Waals surface area contributed by atoms with E-state index in [0.717, 1.165) is 18.7 Å². The Hall–Kier alpha value is -2.02. The summed E-state index contributed by atoms with van der Waals surface area (Å²) in [6.07, 6.45) is 1.54. The molecule has 1 amide bonds. The molecule has 2 aromatic rings. The third-order valence-electron chi connectivity index (χ3n) is 4.20. The Balaban J connectivity index is 1.74. The molecule has 1 aliphatic heterocycles. The molecule has 2 heterocycles. The lowest BCUT2D eigenvalue weighted by Crippen LogP contribution is -2.43. The molecule has 1 aliphatic rings. The minimum absolute atomic E-state index is 0.0658. The SMILES string of the molecule is O=C(NC[C@@H](c1ccc(F)cc1)N1CCOCC1)c1cccnc1Cl. The van der Waals surface area contributed by atoms with Crippen molar-refractivity contribution in [3.8, 4) is 0 Å². The predicted octanol–water partition coefficient (Wildman–Crippen LogP) is 2.68. The summed E-state index contributed by atoms with van der Waals surface area (Å²) < 4.78 is 18.6. The summed E-state index contributed by atoms with van der Waals surface area (Å²) in [5.74, 6) is -0.561. The molecule has 0 spiro atoms. The summed E-state index contributed by atoms with van der Waals surface area (Å²) in [7, 11) is 0. The number of hydrogen-bond donors (Lipinski definition) is 1. The van der Waals surface area contributed by atoms with E-state index < -0.39 is 0 Å². The van der Waals surface area contributed by atoms with Crippen molar-refractivity contribution < 1.29 is 13.9 Å². The quantitative estimate of drug-likeness (QED) is 0.830. The monoisotopic (exact) mass is 363 g/mol. The van der Waals surface area contributed by atoms with Gasteiger partial charge < -0.3 is 10.1 Å². The number of nitrogens with one attached hydrogen (secondary N) is 1. The van der Waals surface area contributed by atoms with Crippen LogP contribution in [0.4, 0.5) is 4.39 Å². The first-order valence-corrected chi connectivity index (χ1v) is 8.49. The van der Waals surface area contributed by atoms with E-state index in [9.17, 15) is 9.18 Å². The Bertz CT molecular complexity index is 721. The lowest BCUT2D eigenvalue weighted by atomic mass is 10.0. The van der Waals surface area contributed by atoms with Gasteiger partial charge in [-0.3, -0.25) is 9.69 Å². The number of nitrogens with zero attached hydrogens (tertiary/aromatic N) is 2. The molecule has 0 unspecified atom stereocenters. The number of rotatable bonds is 5. The van der Waals surface area contributed by atoms with Gasteiger partial charge in [-0.2, -0.15) is 0 Å². The summed E-state index contributed by atoms with van der Waals surface area (Å²) in [6.45, 7) is 3.17. The summed E-state index contributed by atoms with van der Waals surface area (Å²) in [5.41, 5.74) is 1.28. The van der Waals surface area contributed by atoms with Crippen LogP contribution < -0.4 is 5.32 Å². The van der Waals surface area contributed by atoms with Crippen LogP contribution in [0.3, 0.4) is 0 Å². The zero-order chi connectivity index (χ0) is 17.6. The smallest absolute Gasteiger partial charge is 0.254 e. The molecular weight excluding hydrogens is 345 g/mol. The van der Waals surface area contributed by atoms with Crippen LogP contribution in [0.5, 0.6) is 0 Å². The third kappa shape index (κ3) is 4.54. The highest BCUT2D eigenvalue weighted by atomic mass is 35.5. The number of amides is 1. The highest BCUT2D eigenvalue weighted by Crippen LogP contribution is 2.22. The van der Waals surface area contributed by atoms with Gasteiger partial charge >= 0.3 is 0 Å². The van der Waals surface area contributed by atoms with Gasteiger partial charge in [0.05, 0.1) is 24.8 Å². The number of benzene rings is 1. The summed E-state index contributed by atoms with van der Waals surface area (Å²) in [4.78, 5) is 18.5. The zero-order valence-electron chi connectivity index (χ0n) is 13.6. The Labute approximate surface area is 150 Å². The van der Waals surface area contributed by atoms with E-state index in [1.165, 1.54) is 18.3 Å². The van der Waals surface area contributed by atoms with Gasteiger partial charge in [0.25, 0.3) is 5.91 Å². The highest BCUT2D eigenvalue weighted by Gasteiger charge is 2.24. The molecule has 0 radical (unpaired) electrons. The van der Waals surface area contributed by atoms with Crippen molar-refractivity contribution in [2.45, 2.75) is 6.04 Å². The Morgan fingerprint density at radius 1 is 1.28 bits per heavy atom. The van der Waals surface area contributed by atoms with Crippen LogP contribution in [0, 0.1) is 5.82 Å². The van der Waals surface area contributed by atoms with Crippen LogP contribution in [-0.4, -0.2) is 48.6 Å². The fraction of sp³-hybridized carbons (Fsp3) is 0.333. The first-order chi connectivity index (χ1) is 12.1.